The zero-order valence-corrected chi connectivity index (χ0v) is 11.4. The van der Waals surface area contributed by atoms with Crippen LogP contribution < -0.4 is 0 Å². The first-order chi connectivity index (χ1) is 8.47. The van der Waals surface area contributed by atoms with Crippen LogP contribution in [-0.4, -0.2) is 22.2 Å². The van der Waals surface area contributed by atoms with Gasteiger partial charge < -0.3 is 10.2 Å². The highest BCUT2D eigenvalue weighted by molar-refractivity contribution is 5.87. The Kier molecular flexibility index (Phi) is 4.77. The Balaban J connectivity index is 3.30. The molecule has 0 aromatic rings. The van der Waals surface area contributed by atoms with Crippen LogP contribution in [0.2, 0.25) is 0 Å². The Morgan fingerprint density at radius 1 is 0.889 bits per heavy atom. The van der Waals surface area contributed by atoms with Crippen molar-refractivity contribution >= 4 is 11.9 Å². The quantitative estimate of drug-likeness (QED) is 0.764. The molecule has 0 saturated heterocycles. The second kappa shape index (κ2) is 5.72. The molecule has 2 N–H and O–H groups in total. The molecule has 1 rings (SSSR count). The Hall–Kier alpha value is -1.06. The van der Waals surface area contributed by atoms with Gasteiger partial charge in [0.05, 0.1) is 10.8 Å². The molecule has 0 aromatic heterocycles. The predicted molar refractivity (Wildman–Crippen MR) is 68.4 cm³/mol. The largest absolute Gasteiger partial charge is 0.481 e. The fourth-order valence-electron chi connectivity index (χ4n) is 3.75. The molecule has 2 atom stereocenters. The maximum Gasteiger partial charge on any atom is 0.310 e. The highest BCUT2D eigenvalue weighted by Gasteiger charge is 2.60. The highest BCUT2D eigenvalue weighted by Crippen LogP contribution is 2.56. The van der Waals surface area contributed by atoms with E-state index in [9.17, 15) is 19.8 Å². The molecule has 4 heteroatoms. The van der Waals surface area contributed by atoms with Crippen LogP contribution >= 0.6 is 0 Å². The third-order valence-corrected chi connectivity index (χ3v) is 4.55. The molecule has 0 spiro atoms. The highest BCUT2D eigenvalue weighted by atomic mass is 16.4. The lowest BCUT2D eigenvalue weighted by atomic mass is 9.52. The molecule has 0 bridgehead atoms. The average molecular weight is 256 g/mol. The van der Waals surface area contributed by atoms with Crippen LogP contribution in [0.25, 0.3) is 0 Å². The first-order valence-corrected chi connectivity index (χ1v) is 6.93. The maximum atomic E-state index is 11.8. The van der Waals surface area contributed by atoms with Gasteiger partial charge in [-0.2, -0.15) is 0 Å². The van der Waals surface area contributed by atoms with E-state index < -0.39 is 22.8 Å². The van der Waals surface area contributed by atoms with Crippen molar-refractivity contribution in [2.75, 3.05) is 0 Å². The van der Waals surface area contributed by atoms with Gasteiger partial charge in [0.25, 0.3) is 0 Å². The molecule has 0 amide bonds. The molecular formula is C14H24O4. The van der Waals surface area contributed by atoms with Crippen molar-refractivity contribution in [3.63, 3.8) is 0 Å². The Bertz CT molecular complexity index is 286. The number of hydrogen-bond donors (Lipinski definition) is 2. The first-order valence-electron chi connectivity index (χ1n) is 6.93. The molecule has 0 aliphatic heterocycles. The molecule has 4 nitrogen and oxygen atoms in total. The Morgan fingerprint density at radius 2 is 1.22 bits per heavy atom. The van der Waals surface area contributed by atoms with Crippen molar-refractivity contribution < 1.29 is 19.8 Å². The molecular weight excluding hydrogens is 232 g/mol. The number of rotatable bonds is 6. The number of carbonyl (C=O) groups is 2. The van der Waals surface area contributed by atoms with E-state index in [2.05, 4.69) is 0 Å². The van der Waals surface area contributed by atoms with Gasteiger partial charge in [0.15, 0.2) is 0 Å². The summed E-state index contributed by atoms with van der Waals surface area (Å²) in [6, 6.07) is 0. The van der Waals surface area contributed by atoms with Crippen molar-refractivity contribution in [1.29, 1.82) is 0 Å². The SMILES string of the molecule is CCCC1(C(=O)O)CCCCC1(CCC)C(=O)O. The molecule has 0 aromatic carbocycles. The lowest BCUT2D eigenvalue weighted by Crippen LogP contribution is -2.54. The summed E-state index contributed by atoms with van der Waals surface area (Å²) in [5, 5.41) is 19.3. The molecule has 1 fully saturated rings. The van der Waals surface area contributed by atoms with Gasteiger partial charge in [-0.3, -0.25) is 9.59 Å². The van der Waals surface area contributed by atoms with Crippen LogP contribution in [0, 0.1) is 10.8 Å². The summed E-state index contributed by atoms with van der Waals surface area (Å²) < 4.78 is 0. The van der Waals surface area contributed by atoms with Gasteiger partial charge in [0.2, 0.25) is 0 Å². The Morgan fingerprint density at radius 3 is 1.44 bits per heavy atom. The summed E-state index contributed by atoms with van der Waals surface area (Å²) in [5.41, 5.74) is -2.14. The normalized spacial score (nSPS) is 32.1. The molecule has 0 heterocycles. The smallest absolute Gasteiger partial charge is 0.310 e. The summed E-state index contributed by atoms with van der Waals surface area (Å²) in [5.74, 6) is -1.83. The second-order valence-corrected chi connectivity index (χ2v) is 5.48. The van der Waals surface area contributed by atoms with Gasteiger partial charge in [0, 0.05) is 0 Å². The van der Waals surface area contributed by atoms with Crippen molar-refractivity contribution in [3.05, 3.63) is 0 Å². The lowest BCUT2D eigenvalue weighted by Gasteiger charge is -2.48. The third-order valence-electron chi connectivity index (χ3n) is 4.55. The molecule has 104 valence electrons. The number of carboxylic acid groups (broad SMARTS) is 2. The fourth-order valence-corrected chi connectivity index (χ4v) is 3.75. The van der Waals surface area contributed by atoms with Gasteiger partial charge in [-0.05, 0) is 25.7 Å². The van der Waals surface area contributed by atoms with E-state index in [1.54, 1.807) is 0 Å². The molecule has 1 saturated carbocycles. The van der Waals surface area contributed by atoms with Crippen LogP contribution in [0.4, 0.5) is 0 Å². The molecule has 1 aliphatic rings. The van der Waals surface area contributed by atoms with Crippen molar-refractivity contribution in [3.8, 4) is 0 Å². The minimum absolute atomic E-state index is 0.467. The minimum atomic E-state index is -1.07. The zero-order valence-electron chi connectivity index (χ0n) is 11.4. The average Bonchev–Trinajstić information content (AvgIpc) is 2.31. The third kappa shape index (κ3) is 2.13. The van der Waals surface area contributed by atoms with E-state index in [4.69, 9.17) is 0 Å². The van der Waals surface area contributed by atoms with Crippen molar-refractivity contribution in [2.45, 2.75) is 65.2 Å². The molecule has 0 radical (unpaired) electrons. The van der Waals surface area contributed by atoms with E-state index >= 15 is 0 Å². The summed E-state index contributed by atoms with van der Waals surface area (Å²) in [4.78, 5) is 23.6. The van der Waals surface area contributed by atoms with Gasteiger partial charge in [-0.15, -0.1) is 0 Å². The van der Waals surface area contributed by atoms with Crippen molar-refractivity contribution in [1.82, 2.24) is 0 Å². The van der Waals surface area contributed by atoms with Crippen molar-refractivity contribution in [2.24, 2.45) is 10.8 Å². The molecule has 18 heavy (non-hydrogen) atoms. The van der Waals surface area contributed by atoms with Gasteiger partial charge in [-0.25, -0.2) is 0 Å². The van der Waals surface area contributed by atoms with E-state index in [0.29, 0.717) is 38.5 Å². The maximum absolute atomic E-state index is 11.8. The van der Waals surface area contributed by atoms with Crippen LogP contribution in [0.1, 0.15) is 65.2 Å². The van der Waals surface area contributed by atoms with Crippen LogP contribution in [0.3, 0.4) is 0 Å². The van der Waals surface area contributed by atoms with Gasteiger partial charge in [0.1, 0.15) is 0 Å². The van der Waals surface area contributed by atoms with Gasteiger partial charge in [-0.1, -0.05) is 39.5 Å². The summed E-state index contributed by atoms with van der Waals surface area (Å²) >= 11 is 0. The number of hydrogen-bond acceptors (Lipinski definition) is 2. The Labute approximate surface area is 108 Å². The molecule has 2 unspecified atom stereocenters. The lowest BCUT2D eigenvalue weighted by molar-refractivity contribution is -0.182. The van der Waals surface area contributed by atoms with E-state index in [0.717, 1.165) is 12.8 Å². The minimum Gasteiger partial charge on any atom is -0.481 e. The second-order valence-electron chi connectivity index (χ2n) is 5.48. The first kappa shape index (κ1) is 15.0. The van der Waals surface area contributed by atoms with Gasteiger partial charge >= 0.3 is 11.9 Å². The van der Waals surface area contributed by atoms with E-state index in [-0.39, 0.29) is 0 Å². The summed E-state index contributed by atoms with van der Waals surface area (Å²) in [6.07, 6.45) is 5.01. The summed E-state index contributed by atoms with van der Waals surface area (Å²) in [6.45, 7) is 3.86. The van der Waals surface area contributed by atoms with Crippen LogP contribution in [0.15, 0.2) is 0 Å². The fraction of sp³-hybridized carbons (Fsp3) is 0.857. The van der Waals surface area contributed by atoms with Crippen LogP contribution in [-0.2, 0) is 9.59 Å². The monoisotopic (exact) mass is 256 g/mol. The topological polar surface area (TPSA) is 74.6 Å². The van der Waals surface area contributed by atoms with Crippen LogP contribution in [0.5, 0.6) is 0 Å². The van der Waals surface area contributed by atoms with E-state index in [1.165, 1.54) is 0 Å². The number of carboxylic acids is 2. The standard InChI is InChI=1S/C14H24O4/c1-3-7-13(11(15)16)9-5-6-10-14(13,8-4-2)12(17)18/h3-10H2,1-2H3,(H,15,16)(H,17,18). The van der Waals surface area contributed by atoms with E-state index in [1.807, 2.05) is 13.8 Å². The number of aliphatic carboxylic acids is 2. The summed E-state index contributed by atoms with van der Waals surface area (Å²) in [7, 11) is 0. The molecule has 1 aliphatic carbocycles. The zero-order chi connectivity index (χ0) is 13.8. The predicted octanol–water partition coefficient (Wildman–Crippen LogP) is 3.30.